The van der Waals surface area contributed by atoms with Crippen LogP contribution in [0.25, 0.3) is 0 Å². The summed E-state index contributed by atoms with van der Waals surface area (Å²) < 4.78 is 83.4. The van der Waals surface area contributed by atoms with Crippen molar-refractivity contribution in [3.05, 3.63) is 80.7 Å². The van der Waals surface area contributed by atoms with Crippen LogP contribution in [-0.2, 0) is 30.7 Å². The van der Waals surface area contributed by atoms with Gasteiger partial charge in [-0.1, -0.05) is 29.3 Å². The van der Waals surface area contributed by atoms with E-state index in [0.717, 1.165) is 41.3 Å². The number of amides is 1. The predicted octanol–water partition coefficient (Wildman–Crippen LogP) is 5.09. The molecule has 19 heteroatoms. The second-order valence-corrected chi connectivity index (χ2v) is 16.3. The molecule has 1 amide bonds. The largest absolute Gasteiger partial charge is 0.619 e. The molecule has 3 heterocycles. The van der Waals surface area contributed by atoms with Crippen molar-refractivity contribution in [2.75, 3.05) is 52.3 Å². The molecule has 1 aliphatic carbocycles. The molecule has 286 valence electrons. The van der Waals surface area contributed by atoms with Crippen LogP contribution in [0.4, 0.5) is 8.78 Å². The number of sulfonamides is 1. The fourth-order valence-electron chi connectivity index (χ4n) is 5.83. The molecule has 2 aromatic carbocycles. The standard InChI is InChI=1S/C34H35Cl2F2N3O10S2/c1-47-27-7-5-22(15-24(27)31(42)39-8-11-48-12-9-39)53(45,46)41-10-13-52-32(41)33(43)50-29(16-23-25(35)17-40(44)18-26(23)36)21-4-6-28(51-34(37)38)30(14-21)49-19-20-2-3-20/h4-7,14-15,17-18,20,29,32,34H,2-3,8-13,16,19H2,1H3/t29-,32-/m0/s1. The second kappa shape index (κ2) is 16.8. The first-order chi connectivity index (χ1) is 25.3. The zero-order valence-corrected chi connectivity index (χ0v) is 31.4. The number of alkyl halides is 2. The quantitative estimate of drug-likeness (QED) is 0.122. The van der Waals surface area contributed by atoms with E-state index in [1.165, 1.54) is 43.5 Å². The van der Waals surface area contributed by atoms with Gasteiger partial charge in [0.15, 0.2) is 29.3 Å². The molecule has 1 saturated carbocycles. The molecule has 3 aromatic rings. The van der Waals surface area contributed by atoms with Gasteiger partial charge in [-0.3, -0.25) is 4.79 Å². The van der Waals surface area contributed by atoms with Crippen molar-refractivity contribution >= 4 is 56.9 Å². The second-order valence-electron chi connectivity index (χ2n) is 12.4. The number of hydrogen-bond donors (Lipinski definition) is 0. The number of halogens is 4. The Balaban J connectivity index is 1.30. The van der Waals surface area contributed by atoms with Crippen molar-refractivity contribution in [3.8, 4) is 17.2 Å². The Labute approximate surface area is 318 Å². The minimum absolute atomic E-state index is 0.0141. The number of ether oxygens (including phenoxy) is 5. The van der Waals surface area contributed by atoms with Crippen LogP contribution in [0.15, 0.2) is 53.7 Å². The van der Waals surface area contributed by atoms with Gasteiger partial charge in [-0.05, 0) is 54.7 Å². The summed E-state index contributed by atoms with van der Waals surface area (Å²) in [7, 11) is -3.01. The maximum Gasteiger partial charge on any atom is 0.387 e. The first kappa shape index (κ1) is 39.1. The lowest BCUT2D eigenvalue weighted by atomic mass is 10.0. The van der Waals surface area contributed by atoms with Gasteiger partial charge < -0.3 is 33.8 Å². The molecule has 6 rings (SSSR count). The summed E-state index contributed by atoms with van der Waals surface area (Å²) in [4.78, 5) is 28.7. The number of nitrogens with zero attached hydrogens (tertiary/aromatic N) is 3. The Bertz CT molecular complexity index is 1930. The number of hydrogen-bond acceptors (Lipinski definition) is 11. The molecule has 0 unspecified atom stereocenters. The van der Waals surface area contributed by atoms with Gasteiger partial charge in [0.2, 0.25) is 10.0 Å². The Morgan fingerprint density at radius 1 is 1.04 bits per heavy atom. The van der Waals surface area contributed by atoms with Gasteiger partial charge in [0, 0.05) is 37.4 Å². The molecule has 53 heavy (non-hydrogen) atoms. The van der Waals surface area contributed by atoms with E-state index in [9.17, 15) is 32.0 Å². The molecule has 3 fully saturated rings. The highest BCUT2D eigenvalue weighted by atomic mass is 35.5. The molecule has 0 bridgehead atoms. The lowest BCUT2D eigenvalue weighted by molar-refractivity contribution is -0.605. The van der Waals surface area contributed by atoms with Crippen LogP contribution >= 0.6 is 35.0 Å². The highest BCUT2D eigenvalue weighted by Crippen LogP contribution is 2.39. The number of carbonyl (C=O) groups is 2. The van der Waals surface area contributed by atoms with Gasteiger partial charge in [0.05, 0.1) is 37.4 Å². The molecule has 2 saturated heterocycles. The Kier molecular flexibility index (Phi) is 12.4. The number of carbonyl (C=O) groups excluding carboxylic acids is 2. The van der Waals surface area contributed by atoms with E-state index in [0.29, 0.717) is 31.0 Å². The molecule has 1 aromatic heterocycles. The van der Waals surface area contributed by atoms with Crippen molar-refractivity contribution in [2.24, 2.45) is 5.92 Å². The zero-order chi connectivity index (χ0) is 37.9. The third-order valence-electron chi connectivity index (χ3n) is 8.79. The van der Waals surface area contributed by atoms with Gasteiger partial charge >= 0.3 is 12.6 Å². The Morgan fingerprint density at radius 2 is 1.74 bits per heavy atom. The average Bonchev–Trinajstić information content (AvgIpc) is 3.83. The number of rotatable bonds is 14. The Hall–Kier alpha value is -3.61. The minimum Gasteiger partial charge on any atom is -0.619 e. The van der Waals surface area contributed by atoms with Crippen molar-refractivity contribution in [2.45, 2.75) is 42.2 Å². The van der Waals surface area contributed by atoms with Crippen LogP contribution in [0, 0.1) is 11.1 Å². The lowest BCUT2D eigenvalue weighted by Gasteiger charge is -2.28. The fourth-order valence-corrected chi connectivity index (χ4v) is 9.51. The SMILES string of the molecule is COc1ccc(S(=O)(=O)N2CCS[C@H]2C(=O)O[C@@H](Cc2c(Cl)c[n+]([O-])cc2Cl)c2ccc(OC(F)F)c(OCC3CC3)c2)cc1C(=O)N1CCOCC1. The molecule has 0 spiro atoms. The molecular formula is C34H35Cl2F2N3O10S2. The van der Waals surface area contributed by atoms with Crippen LogP contribution in [0.5, 0.6) is 17.2 Å². The van der Waals surface area contributed by atoms with Crippen LogP contribution in [0.2, 0.25) is 10.0 Å². The highest BCUT2D eigenvalue weighted by molar-refractivity contribution is 8.02. The zero-order valence-electron chi connectivity index (χ0n) is 28.3. The topological polar surface area (TPSA) is 148 Å². The van der Waals surface area contributed by atoms with Gasteiger partial charge in [-0.2, -0.15) is 17.8 Å². The summed E-state index contributed by atoms with van der Waals surface area (Å²) in [6.45, 7) is -1.60. The predicted molar refractivity (Wildman–Crippen MR) is 189 cm³/mol. The average molecular weight is 819 g/mol. The monoisotopic (exact) mass is 817 g/mol. The number of benzene rings is 2. The van der Waals surface area contributed by atoms with Crippen molar-refractivity contribution in [1.82, 2.24) is 9.21 Å². The number of aromatic nitrogens is 1. The van der Waals surface area contributed by atoms with E-state index in [-0.39, 0.29) is 80.1 Å². The summed E-state index contributed by atoms with van der Waals surface area (Å²) in [6, 6.07) is 7.97. The van der Waals surface area contributed by atoms with Gasteiger partial charge in [-0.25, -0.2) is 13.2 Å². The first-order valence-corrected chi connectivity index (χ1v) is 19.8. The molecular weight excluding hydrogens is 783 g/mol. The number of esters is 1. The van der Waals surface area contributed by atoms with E-state index < -0.39 is 40.0 Å². The van der Waals surface area contributed by atoms with Crippen LogP contribution in [0.1, 0.15) is 40.4 Å². The van der Waals surface area contributed by atoms with E-state index in [2.05, 4.69) is 4.74 Å². The first-order valence-electron chi connectivity index (χ1n) is 16.5. The van der Waals surface area contributed by atoms with Crippen molar-refractivity contribution in [3.63, 3.8) is 0 Å². The summed E-state index contributed by atoms with van der Waals surface area (Å²) >= 11 is 13.8. The minimum atomic E-state index is -4.38. The smallest absolute Gasteiger partial charge is 0.387 e. The molecule has 3 aliphatic rings. The number of methoxy groups -OCH3 is 1. The summed E-state index contributed by atoms with van der Waals surface area (Å²) in [5.74, 6) is -0.914. The van der Waals surface area contributed by atoms with E-state index in [1.807, 2.05) is 0 Å². The van der Waals surface area contributed by atoms with Crippen LogP contribution in [-0.4, -0.2) is 93.8 Å². The van der Waals surface area contributed by atoms with Crippen LogP contribution < -0.4 is 18.9 Å². The molecule has 0 N–H and O–H groups in total. The van der Waals surface area contributed by atoms with E-state index in [4.69, 9.17) is 42.1 Å². The van der Waals surface area contributed by atoms with Gasteiger partial charge in [0.1, 0.15) is 21.9 Å². The Morgan fingerprint density at radius 3 is 2.40 bits per heavy atom. The van der Waals surface area contributed by atoms with Crippen molar-refractivity contribution in [1.29, 1.82) is 0 Å². The van der Waals surface area contributed by atoms with E-state index in [1.54, 1.807) is 4.90 Å². The number of morpholine rings is 1. The molecule has 2 aliphatic heterocycles. The third-order valence-corrected chi connectivity index (χ3v) is 12.6. The van der Waals surface area contributed by atoms with Crippen LogP contribution in [0.3, 0.4) is 0 Å². The van der Waals surface area contributed by atoms with E-state index >= 15 is 0 Å². The molecule has 0 radical (unpaired) electrons. The normalized spacial score (nSPS) is 18.5. The fraction of sp³-hybridized carbons (Fsp3) is 0.441. The van der Waals surface area contributed by atoms with Gasteiger partial charge in [-0.15, -0.1) is 11.8 Å². The number of thioether (sulfide) groups is 1. The summed E-state index contributed by atoms with van der Waals surface area (Å²) in [5, 5.41) is 10.6. The maximum atomic E-state index is 14.1. The molecule has 13 nitrogen and oxygen atoms in total. The lowest BCUT2D eigenvalue weighted by Crippen LogP contribution is -2.41. The highest BCUT2D eigenvalue weighted by Gasteiger charge is 2.43. The summed E-state index contributed by atoms with van der Waals surface area (Å²) in [5.41, 5.74) is 0.554. The molecule has 2 atom stereocenters. The maximum absolute atomic E-state index is 14.1. The van der Waals surface area contributed by atoms with Gasteiger partial charge in [0.25, 0.3) is 5.91 Å². The summed E-state index contributed by atoms with van der Waals surface area (Å²) in [6.07, 6.45) is 2.59. The third kappa shape index (κ3) is 9.20. The number of pyridine rings is 1. The van der Waals surface area contributed by atoms with Crippen molar-refractivity contribution < 1.29 is 55.2 Å².